The Kier molecular flexibility index (Phi) is 7.26. The van der Waals surface area contributed by atoms with E-state index in [9.17, 15) is 4.79 Å². The van der Waals surface area contributed by atoms with E-state index in [-0.39, 0.29) is 5.97 Å². The van der Waals surface area contributed by atoms with Crippen molar-refractivity contribution < 1.29 is 9.53 Å². The maximum absolute atomic E-state index is 13.3. The van der Waals surface area contributed by atoms with Crippen LogP contribution in [0.3, 0.4) is 0 Å². The topological polar surface area (TPSA) is 50.4 Å². The molecule has 0 radical (unpaired) electrons. The number of aryl methyl sites for hydroxylation is 2. The summed E-state index contributed by atoms with van der Waals surface area (Å²) in [4.78, 5) is 13.3. The van der Waals surface area contributed by atoms with Gasteiger partial charge in [-0.25, -0.2) is 4.79 Å². The monoisotopic (exact) mass is 456 g/mol. The molecule has 178 valence electrons. The molecule has 1 aliphatic rings. The zero-order valence-corrected chi connectivity index (χ0v) is 20.8. The molecule has 0 amide bonds. The van der Waals surface area contributed by atoms with Gasteiger partial charge in [-0.05, 0) is 55.0 Å². The summed E-state index contributed by atoms with van der Waals surface area (Å²) in [5.41, 5.74) is 6.98. The Morgan fingerprint density at radius 1 is 0.706 bits per heavy atom. The number of ether oxygens (including phenoxy) is 1. The predicted octanol–water partition coefficient (Wildman–Crippen LogP) is 6.92. The number of hydrogen-bond acceptors (Lipinski definition) is 4. The van der Waals surface area contributed by atoms with E-state index in [1.54, 1.807) is 0 Å². The molecule has 0 bridgehead atoms. The van der Waals surface area contributed by atoms with Gasteiger partial charge in [-0.2, -0.15) is 0 Å². The van der Waals surface area contributed by atoms with Gasteiger partial charge in [0.25, 0.3) is 0 Å². The van der Waals surface area contributed by atoms with Gasteiger partial charge in [0.15, 0.2) is 5.60 Å². The maximum atomic E-state index is 13.3. The molecule has 0 saturated heterocycles. The summed E-state index contributed by atoms with van der Waals surface area (Å²) in [6.45, 7) is 10.3. The van der Waals surface area contributed by atoms with E-state index in [4.69, 9.17) is 4.74 Å². The third-order valence-electron chi connectivity index (χ3n) is 6.65. The van der Waals surface area contributed by atoms with Crippen LogP contribution in [0.1, 0.15) is 78.7 Å². The highest BCUT2D eigenvalue weighted by atomic mass is 16.6. The smallest absolute Gasteiger partial charge is 0.340 e. The third-order valence-corrected chi connectivity index (χ3v) is 6.65. The van der Waals surface area contributed by atoms with Crippen LogP contribution in [0.4, 0.5) is 11.4 Å². The van der Waals surface area contributed by atoms with E-state index in [2.05, 4.69) is 74.7 Å². The highest BCUT2D eigenvalue weighted by Crippen LogP contribution is 2.51. The lowest BCUT2D eigenvalue weighted by molar-refractivity contribution is 0.0255. The van der Waals surface area contributed by atoms with Crippen molar-refractivity contribution >= 4 is 17.3 Å². The quantitative estimate of drug-likeness (QED) is 0.325. The van der Waals surface area contributed by atoms with E-state index in [1.807, 2.05) is 24.3 Å². The minimum atomic E-state index is -1.03. The van der Waals surface area contributed by atoms with Crippen molar-refractivity contribution in [3.63, 3.8) is 0 Å². The maximum Gasteiger partial charge on any atom is 0.340 e. The Balaban J connectivity index is 2.04. The van der Waals surface area contributed by atoms with E-state index < -0.39 is 5.60 Å². The first-order valence-corrected chi connectivity index (χ1v) is 12.7. The van der Waals surface area contributed by atoms with Crippen LogP contribution in [-0.4, -0.2) is 19.1 Å². The summed E-state index contributed by atoms with van der Waals surface area (Å²) in [7, 11) is 0. The summed E-state index contributed by atoms with van der Waals surface area (Å²) in [6.07, 6.45) is 3.90. The van der Waals surface area contributed by atoms with Crippen LogP contribution in [-0.2, 0) is 23.2 Å². The van der Waals surface area contributed by atoms with Gasteiger partial charge < -0.3 is 15.4 Å². The molecular weight excluding hydrogens is 420 g/mol. The fourth-order valence-electron chi connectivity index (χ4n) is 4.81. The van der Waals surface area contributed by atoms with Gasteiger partial charge in [-0.1, -0.05) is 70.2 Å². The molecule has 0 aliphatic carbocycles. The molecular formula is C30H36N2O2. The van der Waals surface area contributed by atoms with Gasteiger partial charge in [-0.3, -0.25) is 0 Å². The number of hydrogen-bond donors (Lipinski definition) is 2. The van der Waals surface area contributed by atoms with Crippen LogP contribution in [0.15, 0.2) is 60.7 Å². The number of rotatable bonds is 10. The number of nitrogens with one attached hydrogen (secondary N) is 2. The molecule has 3 aromatic carbocycles. The molecule has 0 spiro atoms. The van der Waals surface area contributed by atoms with Crippen molar-refractivity contribution in [1.29, 1.82) is 0 Å². The number of carbonyl (C=O) groups excluding carboxylic acids is 1. The second kappa shape index (κ2) is 10.3. The summed E-state index contributed by atoms with van der Waals surface area (Å²) in [5, 5.41) is 7.26. The molecule has 0 saturated carbocycles. The Morgan fingerprint density at radius 2 is 1.24 bits per heavy atom. The third kappa shape index (κ3) is 4.18. The number of benzene rings is 3. The zero-order chi connectivity index (χ0) is 24.1. The first-order chi connectivity index (χ1) is 16.6. The van der Waals surface area contributed by atoms with E-state index in [0.29, 0.717) is 5.56 Å². The van der Waals surface area contributed by atoms with Crippen LogP contribution in [0.25, 0.3) is 0 Å². The predicted molar refractivity (Wildman–Crippen MR) is 141 cm³/mol. The lowest BCUT2D eigenvalue weighted by atomic mass is 9.77. The van der Waals surface area contributed by atoms with E-state index in [1.165, 1.54) is 11.1 Å². The molecule has 0 aromatic heterocycles. The molecule has 0 fully saturated rings. The molecule has 34 heavy (non-hydrogen) atoms. The van der Waals surface area contributed by atoms with Crippen molar-refractivity contribution in [2.45, 2.75) is 59.0 Å². The second-order valence-electron chi connectivity index (χ2n) is 8.94. The van der Waals surface area contributed by atoms with Gasteiger partial charge in [0.05, 0.1) is 5.56 Å². The van der Waals surface area contributed by atoms with Gasteiger partial charge >= 0.3 is 5.97 Å². The average Bonchev–Trinajstić information content (AvgIpc) is 3.18. The second-order valence-corrected chi connectivity index (χ2v) is 8.94. The Labute approximate surface area is 203 Å². The number of cyclic esters (lactones) is 1. The molecule has 4 heteroatoms. The first kappa shape index (κ1) is 23.9. The zero-order valence-electron chi connectivity index (χ0n) is 20.8. The number of fused-ring (bicyclic) bond motifs is 1. The summed E-state index contributed by atoms with van der Waals surface area (Å²) >= 11 is 0. The summed E-state index contributed by atoms with van der Waals surface area (Å²) < 4.78 is 6.46. The van der Waals surface area contributed by atoms with Gasteiger partial charge in [-0.15, -0.1) is 0 Å². The normalized spacial score (nSPS) is 13.9. The van der Waals surface area contributed by atoms with E-state index in [0.717, 1.165) is 66.8 Å². The van der Waals surface area contributed by atoms with Crippen LogP contribution >= 0.6 is 0 Å². The Hall–Kier alpha value is -3.27. The number of anilines is 2. The van der Waals surface area contributed by atoms with Crippen molar-refractivity contribution in [1.82, 2.24) is 0 Å². The lowest BCUT2D eigenvalue weighted by Crippen LogP contribution is -2.32. The van der Waals surface area contributed by atoms with Crippen molar-refractivity contribution in [3.8, 4) is 0 Å². The highest BCUT2D eigenvalue weighted by molar-refractivity contribution is 5.97. The molecule has 0 atom stereocenters. The van der Waals surface area contributed by atoms with Crippen LogP contribution < -0.4 is 10.6 Å². The van der Waals surface area contributed by atoms with Crippen molar-refractivity contribution in [2.24, 2.45) is 0 Å². The van der Waals surface area contributed by atoms with E-state index >= 15 is 0 Å². The average molecular weight is 457 g/mol. The molecule has 1 aliphatic heterocycles. The molecule has 4 nitrogen and oxygen atoms in total. The highest BCUT2D eigenvalue weighted by Gasteiger charge is 2.50. The molecule has 0 unspecified atom stereocenters. The Morgan fingerprint density at radius 3 is 1.74 bits per heavy atom. The fourth-order valence-corrected chi connectivity index (χ4v) is 4.81. The largest absolute Gasteiger partial charge is 0.440 e. The van der Waals surface area contributed by atoms with Crippen LogP contribution in [0.5, 0.6) is 0 Å². The minimum absolute atomic E-state index is 0.280. The fraction of sp³-hybridized carbons (Fsp3) is 0.367. The number of carbonyl (C=O) groups is 1. The lowest BCUT2D eigenvalue weighted by Gasteiger charge is -2.34. The molecule has 3 aromatic rings. The Bertz CT molecular complexity index is 1110. The van der Waals surface area contributed by atoms with Crippen molar-refractivity contribution in [3.05, 3.63) is 94.0 Å². The van der Waals surface area contributed by atoms with Crippen LogP contribution in [0, 0.1) is 0 Å². The number of esters is 1. The van der Waals surface area contributed by atoms with Gasteiger partial charge in [0.1, 0.15) is 0 Å². The minimum Gasteiger partial charge on any atom is -0.440 e. The standard InChI is InChI=1S/C30H36N2O2/c1-5-17-31-27-19-21(7-3)13-15-25(27)30(24-12-10-9-11-23(24)29(33)34-30)26-16-14-22(8-4)20-28(26)32-18-6-2/h9-16,19-20,31-32H,5-8,17-18H2,1-4H3. The molecule has 1 heterocycles. The van der Waals surface area contributed by atoms with Gasteiger partial charge in [0, 0.05) is 41.2 Å². The van der Waals surface area contributed by atoms with Crippen molar-refractivity contribution in [2.75, 3.05) is 23.7 Å². The SMILES string of the molecule is CCCNc1cc(CC)ccc1C1(c2ccc(CC)cc2NCCC)OC(=O)c2ccccc21. The summed E-state index contributed by atoms with van der Waals surface area (Å²) in [5.74, 6) is -0.280. The molecule has 2 N–H and O–H groups in total. The summed E-state index contributed by atoms with van der Waals surface area (Å²) in [6, 6.07) is 20.8. The first-order valence-electron chi connectivity index (χ1n) is 12.7. The van der Waals surface area contributed by atoms with Gasteiger partial charge in [0.2, 0.25) is 0 Å². The molecule has 4 rings (SSSR count). The van der Waals surface area contributed by atoms with Crippen LogP contribution in [0.2, 0.25) is 0 Å².